The van der Waals surface area contributed by atoms with Crippen molar-refractivity contribution in [2.75, 3.05) is 10.8 Å². The molecule has 0 saturated heterocycles. The third-order valence-electron chi connectivity index (χ3n) is 4.63. The summed E-state index contributed by atoms with van der Waals surface area (Å²) in [4.78, 5) is 12.4. The first-order valence-electron chi connectivity index (χ1n) is 9.81. The van der Waals surface area contributed by atoms with Crippen LogP contribution >= 0.6 is 15.9 Å². The summed E-state index contributed by atoms with van der Waals surface area (Å²) < 4.78 is 67.8. The van der Waals surface area contributed by atoms with E-state index < -0.39 is 34.2 Å². The van der Waals surface area contributed by atoms with E-state index in [0.717, 1.165) is 22.2 Å². The second-order valence-corrected chi connectivity index (χ2v) is 10.00. The second-order valence-electron chi connectivity index (χ2n) is 7.22. The Morgan fingerprint density at radius 3 is 2.32 bits per heavy atom. The van der Waals surface area contributed by atoms with Gasteiger partial charge in [-0.2, -0.15) is 18.3 Å². The molecule has 1 amide bonds. The van der Waals surface area contributed by atoms with E-state index >= 15 is 0 Å². The lowest BCUT2D eigenvalue weighted by molar-refractivity contribution is -0.137. The molecule has 0 atom stereocenters. The molecule has 0 saturated carbocycles. The number of hydrogen-bond acceptors (Lipinski definition) is 4. The van der Waals surface area contributed by atoms with Gasteiger partial charge in [-0.15, -0.1) is 0 Å². The average Bonchev–Trinajstić information content (AvgIpc) is 2.78. The van der Waals surface area contributed by atoms with E-state index in [0.29, 0.717) is 15.9 Å². The van der Waals surface area contributed by atoms with Crippen LogP contribution in [0.1, 0.15) is 16.7 Å². The number of hydrogen-bond donors (Lipinski definition) is 1. The van der Waals surface area contributed by atoms with E-state index in [1.54, 1.807) is 43.3 Å². The quantitative estimate of drug-likeness (QED) is 0.325. The number of halogens is 4. The molecule has 6 nitrogen and oxygen atoms in total. The molecule has 0 radical (unpaired) electrons. The first kappa shape index (κ1) is 25.4. The monoisotopic (exact) mass is 553 g/mol. The van der Waals surface area contributed by atoms with E-state index in [1.807, 2.05) is 0 Å². The van der Waals surface area contributed by atoms with Crippen LogP contribution in [0.5, 0.6) is 0 Å². The van der Waals surface area contributed by atoms with Crippen molar-refractivity contribution in [1.82, 2.24) is 5.43 Å². The molecular formula is C23H19BrF3N3O3S. The zero-order valence-electron chi connectivity index (χ0n) is 17.8. The maximum atomic E-state index is 13.3. The Bertz CT molecular complexity index is 1290. The van der Waals surface area contributed by atoms with Gasteiger partial charge in [-0.25, -0.2) is 13.8 Å². The number of carbonyl (C=O) groups is 1. The molecule has 0 aliphatic rings. The molecule has 11 heteroatoms. The molecule has 1 N–H and O–H groups in total. The Morgan fingerprint density at radius 2 is 1.71 bits per heavy atom. The fraction of sp³-hybridized carbons (Fsp3) is 0.130. The predicted octanol–water partition coefficient (Wildman–Crippen LogP) is 5.12. The second kappa shape index (κ2) is 10.4. The van der Waals surface area contributed by atoms with E-state index in [-0.39, 0.29) is 10.6 Å². The highest BCUT2D eigenvalue weighted by Crippen LogP contribution is 2.33. The molecule has 0 aliphatic heterocycles. The van der Waals surface area contributed by atoms with Crippen molar-refractivity contribution in [1.29, 1.82) is 0 Å². The van der Waals surface area contributed by atoms with Crippen LogP contribution in [-0.4, -0.2) is 27.1 Å². The smallest absolute Gasteiger partial charge is 0.271 e. The Hall–Kier alpha value is -3.18. The van der Waals surface area contributed by atoms with E-state index in [9.17, 15) is 26.4 Å². The van der Waals surface area contributed by atoms with Crippen LogP contribution in [-0.2, 0) is 21.0 Å². The largest absolute Gasteiger partial charge is 0.416 e. The van der Waals surface area contributed by atoms with Crippen LogP contribution in [0.3, 0.4) is 0 Å². The molecule has 0 aromatic heterocycles. The third kappa shape index (κ3) is 6.45. The molecule has 0 unspecified atom stereocenters. The highest BCUT2D eigenvalue weighted by Gasteiger charge is 2.33. The van der Waals surface area contributed by atoms with E-state index in [4.69, 9.17) is 0 Å². The van der Waals surface area contributed by atoms with Crippen molar-refractivity contribution in [3.8, 4) is 0 Å². The van der Waals surface area contributed by atoms with Gasteiger partial charge >= 0.3 is 6.18 Å². The van der Waals surface area contributed by atoms with Crippen molar-refractivity contribution < 1.29 is 26.4 Å². The number of alkyl halides is 3. The molecule has 0 aliphatic carbocycles. The zero-order chi connectivity index (χ0) is 24.9. The number of amides is 1. The maximum absolute atomic E-state index is 13.3. The fourth-order valence-corrected chi connectivity index (χ4v) is 4.56. The van der Waals surface area contributed by atoms with Gasteiger partial charge in [-0.1, -0.05) is 51.8 Å². The molecular weight excluding hydrogens is 535 g/mol. The summed E-state index contributed by atoms with van der Waals surface area (Å²) in [5, 5.41) is 3.80. The predicted molar refractivity (Wildman–Crippen MR) is 127 cm³/mol. The number of nitrogens with one attached hydrogen (secondary N) is 1. The summed E-state index contributed by atoms with van der Waals surface area (Å²) >= 11 is 3.30. The van der Waals surface area contributed by atoms with Crippen LogP contribution in [0.15, 0.2) is 87.3 Å². The van der Waals surface area contributed by atoms with Gasteiger partial charge in [0.2, 0.25) is 0 Å². The van der Waals surface area contributed by atoms with E-state index in [1.165, 1.54) is 24.4 Å². The van der Waals surface area contributed by atoms with Crippen LogP contribution in [0.4, 0.5) is 18.9 Å². The van der Waals surface area contributed by atoms with Crippen molar-refractivity contribution in [2.24, 2.45) is 5.10 Å². The minimum atomic E-state index is -4.69. The summed E-state index contributed by atoms with van der Waals surface area (Å²) in [7, 11) is -4.36. The minimum absolute atomic E-state index is 0.165. The Kier molecular flexibility index (Phi) is 7.78. The summed E-state index contributed by atoms with van der Waals surface area (Å²) in [5.74, 6) is -0.832. The normalized spacial score (nSPS) is 12.0. The lowest BCUT2D eigenvalue weighted by Gasteiger charge is -2.24. The van der Waals surface area contributed by atoms with Crippen LogP contribution in [0, 0.1) is 6.92 Å². The summed E-state index contributed by atoms with van der Waals surface area (Å²) in [6.07, 6.45) is -3.33. The molecule has 34 heavy (non-hydrogen) atoms. The maximum Gasteiger partial charge on any atom is 0.416 e. The SMILES string of the molecule is Cc1ccc(S(=O)(=O)N(CC(=O)N/N=C\c2ccc(Br)cc2)c2cccc(C(F)(F)F)c2)cc1. The lowest BCUT2D eigenvalue weighted by Crippen LogP contribution is -2.39. The number of nitrogens with zero attached hydrogens (tertiary/aromatic N) is 2. The van der Waals surface area contributed by atoms with Crippen molar-refractivity contribution >= 4 is 43.8 Å². The first-order chi connectivity index (χ1) is 16.0. The highest BCUT2D eigenvalue weighted by atomic mass is 79.9. The molecule has 0 fully saturated rings. The van der Waals surface area contributed by atoms with Gasteiger partial charge in [-0.3, -0.25) is 9.10 Å². The van der Waals surface area contributed by atoms with Gasteiger partial charge in [0.25, 0.3) is 15.9 Å². The number of benzene rings is 3. The standard InChI is InChI=1S/C23H19BrF3N3O3S/c1-16-5-11-21(12-6-16)34(32,33)30(20-4-2-3-18(13-20)23(25,26)27)15-22(31)29-28-14-17-7-9-19(24)10-8-17/h2-14H,15H2,1H3,(H,29,31)/b28-14-. The van der Waals surface area contributed by atoms with Gasteiger partial charge in [0, 0.05) is 4.47 Å². The first-order valence-corrected chi connectivity index (χ1v) is 12.0. The molecule has 0 bridgehead atoms. The number of aryl methyl sites for hydroxylation is 1. The molecule has 3 aromatic rings. The highest BCUT2D eigenvalue weighted by molar-refractivity contribution is 9.10. The number of rotatable bonds is 7. The van der Waals surface area contributed by atoms with Gasteiger partial charge in [0.15, 0.2) is 0 Å². The molecule has 0 spiro atoms. The number of anilines is 1. The van der Waals surface area contributed by atoms with Crippen molar-refractivity contribution in [3.63, 3.8) is 0 Å². The Balaban J connectivity index is 1.91. The minimum Gasteiger partial charge on any atom is -0.271 e. The van der Waals surface area contributed by atoms with Gasteiger partial charge in [0.05, 0.1) is 22.4 Å². The fourth-order valence-electron chi connectivity index (χ4n) is 2.88. The Labute approximate surface area is 203 Å². The van der Waals surface area contributed by atoms with Gasteiger partial charge in [0.1, 0.15) is 6.54 Å². The van der Waals surface area contributed by atoms with Crippen LogP contribution < -0.4 is 9.73 Å². The molecule has 0 heterocycles. The molecule has 3 aromatic carbocycles. The average molecular weight is 554 g/mol. The summed E-state index contributed by atoms with van der Waals surface area (Å²) in [6.45, 7) is 0.979. The summed E-state index contributed by atoms with van der Waals surface area (Å²) in [6, 6.07) is 16.6. The van der Waals surface area contributed by atoms with Gasteiger partial charge in [-0.05, 0) is 55.0 Å². The van der Waals surface area contributed by atoms with E-state index in [2.05, 4.69) is 26.5 Å². The molecule has 3 rings (SSSR count). The topological polar surface area (TPSA) is 78.8 Å². The Morgan fingerprint density at radius 1 is 1.06 bits per heavy atom. The number of sulfonamides is 1. The lowest BCUT2D eigenvalue weighted by atomic mass is 10.2. The van der Waals surface area contributed by atoms with Gasteiger partial charge < -0.3 is 0 Å². The van der Waals surface area contributed by atoms with Crippen LogP contribution in [0.2, 0.25) is 0 Å². The van der Waals surface area contributed by atoms with Crippen molar-refractivity contribution in [2.45, 2.75) is 18.0 Å². The molecule has 178 valence electrons. The van der Waals surface area contributed by atoms with Crippen molar-refractivity contribution in [3.05, 3.63) is 94.0 Å². The summed E-state index contributed by atoms with van der Waals surface area (Å²) in [5.41, 5.74) is 2.34. The van der Waals surface area contributed by atoms with Crippen LogP contribution in [0.25, 0.3) is 0 Å². The number of hydrazone groups is 1. The third-order valence-corrected chi connectivity index (χ3v) is 6.95. The zero-order valence-corrected chi connectivity index (χ0v) is 20.2. The number of carbonyl (C=O) groups excluding carboxylic acids is 1.